The molecule has 5 heterocycles. The number of hydrogen-bond acceptors (Lipinski definition) is 13. The summed E-state index contributed by atoms with van der Waals surface area (Å²) >= 11 is 0. The first kappa shape index (κ1) is 49.2. The lowest BCUT2D eigenvalue weighted by Crippen LogP contribution is -2.55. The number of carbonyl (C=O) groups is 1. The number of hydrogen-bond donors (Lipinski definition) is 2. The van der Waals surface area contributed by atoms with Gasteiger partial charge in [0.25, 0.3) is 0 Å². The minimum atomic E-state index is -0.922. The van der Waals surface area contributed by atoms with Crippen LogP contribution in [0.25, 0.3) is 0 Å². The third kappa shape index (κ3) is 10.5. The minimum Gasteiger partial charge on any atom is -0.462 e. The van der Waals surface area contributed by atoms with E-state index in [2.05, 4.69) is 59.8 Å². The third-order valence-corrected chi connectivity index (χ3v) is 14.2. The lowest BCUT2D eigenvalue weighted by Gasteiger charge is -2.46. The van der Waals surface area contributed by atoms with E-state index in [1.165, 1.54) is 0 Å². The zero-order valence-corrected chi connectivity index (χ0v) is 39.2. The molecule has 1 spiro atoms. The molecule has 0 radical (unpaired) electrons. The largest absolute Gasteiger partial charge is 0.462 e. The first-order chi connectivity index (χ1) is 29.4. The highest BCUT2D eigenvalue weighted by Gasteiger charge is 2.57. The summed E-state index contributed by atoms with van der Waals surface area (Å²) in [4.78, 5) is 14.3. The number of allylic oxidation sites excluding steroid dienone is 3. The number of methoxy groups -OCH3 is 2. The summed E-state index contributed by atoms with van der Waals surface area (Å²) in [7, 11) is 3.24. The molecule has 13 heteroatoms. The van der Waals surface area contributed by atoms with Crippen LogP contribution in [0, 0.1) is 29.1 Å². The molecule has 5 aliphatic heterocycles. The van der Waals surface area contributed by atoms with Crippen molar-refractivity contribution in [1.82, 2.24) is 0 Å². The van der Waals surface area contributed by atoms with Crippen LogP contribution in [0.4, 0.5) is 0 Å². The first-order valence-electron chi connectivity index (χ1n) is 23.0. The fourth-order valence-corrected chi connectivity index (χ4v) is 10.4. The Balaban J connectivity index is 1.14. The molecule has 2 N–H and O–H groups in total. The van der Waals surface area contributed by atoms with E-state index in [1.54, 1.807) is 14.2 Å². The van der Waals surface area contributed by atoms with Crippen molar-refractivity contribution in [3.05, 3.63) is 59.3 Å². The zero-order valence-electron chi connectivity index (χ0n) is 39.2. The summed E-state index contributed by atoms with van der Waals surface area (Å²) in [6, 6.07) is 0. The van der Waals surface area contributed by atoms with Gasteiger partial charge in [0, 0.05) is 57.2 Å². The number of carbonyl (C=O) groups excluding carboxylic acids is 1. The Kier molecular flexibility index (Phi) is 16.6. The highest BCUT2D eigenvalue weighted by atomic mass is 16.7. The number of ether oxygens (including phenoxy) is 10. The van der Waals surface area contributed by atoms with Crippen molar-refractivity contribution in [2.24, 2.45) is 29.1 Å². The summed E-state index contributed by atoms with van der Waals surface area (Å²) in [6.45, 7) is 21.0. The quantitative estimate of drug-likeness (QED) is 0.138. The van der Waals surface area contributed by atoms with Crippen molar-refractivity contribution < 1.29 is 62.4 Å². The third-order valence-electron chi connectivity index (χ3n) is 14.2. The summed E-state index contributed by atoms with van der Waals surface area (Å²) in [5, 5.41) is 21.8. The molecule has 13 nitrogen and oxygen atoms in total. The molecular weight excluding hydrogens is 797 g/mol. The molecule has 4 unspecified atom stereocenters. The van der Waals surface area contributed by atoms with E-state index >= 15 is 0 Å². The van der Waals surface area contributed by atoms with Gasteiger partial charge in [-0.2, -0.15) is 0 Å². The van der Waals surface area contributed by atoms with Gasteiger partial charge < -0.3 is 57.6 Å². The SMILES string of the molecule is CCC=C(C)[C@@H](OC1C[C@H](OC)[C@@H](OC2C[C@H](OC)[C@H](O)[C@H](C)O2)[C@H](C)O1)[C@@H](C)C=CC=C1CO[C@H]2[C@H](O)C(C)=CC(C(=O)O[C@H]3CCO[C@@]4(C=C[C@H](C)C(C(C)C)O4)C3)[C@@]12C. The van der Waals surface area contributed by atoms with E-state index in [-0.39, 0.29) is 48.8 Å². The monoisotopic (exact) mass is 873 g/mol. The molecule has 350 valence electrons. The highest BCUT2D eigenvalue weighted by molar-refractivity contribution is 5.77. The number of aliphatic hydroxyl groups excluding tert-OH is 2. The van der Waals surface area contributed by atoms with Crippen LogP contribution in [-0.2, 0) is 52.2 Å². The maximum Gasteiger partial charge on any atom is 0.314 e. The van der Waals surface area contributed by atoms with Crippen LogP contribution in [0.3, 0.4) is 0 Å². The molecule has 4 fully saturated rings. The second-order valence-corrected chi connectivity index (χ2v) is 19.1. The average Bonchev–Trinajstić information content (AvgIpc) is 3.57. The highest BCUT2D eigenvalue weighted by Crippen LogP contribution is 2.52. The van der Waals surface area contributed by atoms with Gasteiger partial charge in [-0.1, -0.05) is 78.0 Å². The van der Waals surface area contributed by atoms with Crippen molar-refractivity contribution in [2.45, 2.75) is 187 Å². The lowest BCUT2D eigenvalue weighted by molar-refractivity contribution is -0.318. The van der Waals surface area contributed by atoms with Crippen molar-refractivity contribution >= 4 is 5.97 Å². The number of aliphatic hydroxyl groups is 2. The Labute approximate surface area is 370 Å². The fraction of sp³-hybridized carbons (Fsp3) is 0.776. The van der Waals surface area contributed by atoms with Gasteiger partial charge in [-0.25, -0.2) is 0 Å². The van der Waals surface area contributed by atoms with Crippen molar-refractivity contribution in [1.29, 1.82) is 0 Å². The predicted octanol–water partition coefficient (Wildman–Crippen LogP) is 6.90. The Morgan fingerprint density at radius 3 is 2.44 bits per heavy atom. The smallest absolute Gasteiger partial charge is 0.314 e. The molecule has 0 aromatic carbocycles. The molecule has 0 aromatic rings. The van der Waals surface area contributed by atoms with E-state index in [4.69, 9.17) is 47.4 Å². The van der Waals surface area contributed by atoms with Gasteiger partial charge in [0.2, 0.25) is 0 Å². The standard InChI is InChI=1S/C49H76O13/c1-13-15-28(4)44(60-40-24-38(54-12)45(33(9)58-40)61-39-23-37(53-11)42(51)32(8)57-39)29(5)16-14-17-34-26-55-46-41(50)31(7)22-36(48(34,46)10)47(52)59-35-19-21-56-49(25-35)20-18-30(6)43(62-49)27(2)3/h14-18,20,22,27,29-30,32-33,35-46,50-51H,13,19,21,23-26H2,1-12H3/t29-,30-,32-,33-,35-,36?,37-,38-,39?,40?,41+,42+,43?,44+,45-,46-,48+,49+/m0/s1. The minimum absolute atomic E-state index is 0.00124. The maximum absolute atomic E-state index is 14.3. The summed E-state index contributed by atoms with van der Waals surface area (Å²) in [6.07, 6.45) is 11.0. The van der Waals surface area contributed by atoms with E-state index in [9.17, 15) is 15.0 Å². The van der Waals surface area contributed by atoms with Gasteiger partial charge in [0.1, 0.15) is 24.4 Å². The fourth-order valence-electron chi connectivity index (χ4n) is 10.4. The average molecular weight is 873 g/mol. The number of esters is 1. The Morgan fingerprint density at radius 2 is 1.74 bits per heavy atom. The second-order valence-electron chi connectivity index (χ2n) is 19.1. The van der Waals surface area contributed by atoms with Crippen LogP contribution < -0.4 is 0 Å². The Hall–Kier alpha value is -2.27. The number of rotatable bonds is 14. The van der Waals surface area contributed by atoms with Gasteiger partial charge in [0.05, 0.1) is 61.9 Å². The van der Waals surface area contributed by atoms with Crippen LogP contribution in [-0.4, -0.2) is 129 Å². The molecule has 6 aliphatic rings. The van der Waals surface area contributed by atoms with E-state index < -0.39 is 72.4 Å². The molecule has 1 aliphatic carbocycles. The van der Waals surface area contributed by atoms with Crippen LogP contribution in [0.15, 0.2) is 59.3 Å². The summed E-state index contributed by atoms with van der Waals surface area (Å²) < 4.78 is 62.5. The van der Waals surface area contributed by atoms with Gasteiger partial charge >= 0.3 is 5.97 Å². The van der Waals surface area contributed by atoms with Crippen molar-refractivity contribution in [3.8, 4) is 0 Å². The molecule has 6 rings (SSSR count). The molecule has 0 saturated carbocycles. The van der Waals surface area contributed by atoms with Crippen LogP contribution in [0.2, 0.25) is 0 Å². The van der Waals surface area contributed by atoms with E-state index in [1.807, 2.05) is 52.0 Å². The van der Waals surface area contributed by atoms with Gasteiger partial charge in [-0.15, -0.1) is 0 Å². The molecule has 4 saturated heterocycles. The van der Waals surface area contributed by atoms with Crippen molar-refractivity contribution in [2.75, 3.05) is 27.4 Å². The summed E-state index contributed by atoms with van der Waals surface area (Å²) in [5.41, 5.74) is 1.84. The van der Waals surface area contributed by atoms with Crippen LogP contribution in [0.5, 0.6) is 0 Å². The molecule has 62 heavy (non-hydrogen) atoms. The summed E-state index contributed by atoms with van der Waals surface area (Å²) in [5.74, 6) is -1.44. The first-order valence-corrected chi connectivity index (χ1v) is 23.0. The predicted molar refractivity (Wildman–Crippen MR) is 233 cm³/mol. The molecule has 0 amide bonds. The van der Waals surface area contributed by atoms with E-state index in [0.29, 0.717) is 43.8 Å². The van der Waals surface area contributed by atoms with Gasteiger partial charge in [0.15, 0.2) is 18.4 Å². The van der Waals surface area contributed by atoms with Crippen LogP contribution in [0.1, 0.15) is 101 Å². The van der Waals surface area contributed by atoms with Gasteiger partial charge in [-0.3, -0.25) is 4.79 Å². The molecular formula is C49H76O13. The maximum atomic E-state index is 14.3. The second kappa shape index (κ2) is 20.9. The molecule has 0 bridgehead atoms. The normalized spacial score (nSPS) is 43.2. The molecule has 18 atom stereocenters. The Bertz CT molecular complexity index is 1670. The zero-order chi connectivity index (χ0) is 45.1. The van der Waals surface area contributed by atoms with Crippen LogP contribution >= 0.6 is 0 Å². The Morgan fingerprint density at radius 1 is 1.03 bits per heavy atom. The molecule has 0 aromatic heterocycles. The lowest BCUT2D eigenvalue weighted by atomic mass is 9.63. The van der Waals surface area contributed by atoms with Gasteiger partial charge in [-0.05, 0) is 62.8 Å². The number of fused-ring (bicyclic) bond motifs is 1. The topological polar surface area (TPSA) is 150 Å². The van der Waals surface area contributed by atoms with E-state index in [0.717, 1.165) is 17.6 Å². The van der Waals surface area contributed by atoms with Crippen molar-refractivity contribution in [3.63, 3.8) is 0 Å².